The molecule has 1 saturated heterocycles. The zero-order valence-electron chi connectivity index (χ0n) is 21.4. The molecule has 0 saturated carbocycles. The van der Waals surface area contributed by atoms with E-state index in [2.05, 4.69) is 4.90 Å². The summed E-state index contributed by atoms with van der Waals surface area (Å²) in [5.41, 5.74) is 1.04. The largest absolute Gasteiger partial charge is 0.493 e. The molecule has 204 valence electrons. The highest BCUT2D eigenvalue weighted by Crippen LogP contribution is 2.30. The van der Waals surface area contributed by atoms with E-state index >= 15 is 0 Å². The van der Waals surface area contributed by atoms with Gasteiger partial charge in [0.2, 0.25) is 0 Å². The summed E-state index contributed by atoms with van der Waals surface area (Å²) < 4.78 is 58.9. The molecule has 0 spiro atoms. The Morgan fingerprint density at radius 2 is 1.47 bits per heavy atom. The average molecular weight is 577 g/mol. The van der Waals surface area contributed by atoms with Gasteiger partial charge >= 0.3 is 0 Å². The topological polar surface area (TPSA) is 84.0 Å². The maximum atomic E-state index is 13.8. The van der Waals surface area contributed by atoms with E-state index in [1.807, 2.05) is 24.3 Å². The van der Waals surface area contributed by atoms with Crippen LogP contribution in [0.3, 0.4) is 0 Å². The van der Waals surface area contributed by atoms with Gasteiger partial charge in [0.1, 0.15) is 5.75 Å². The number of likely N-dealkylation sites (tertiary alicyclic amines) is 1. The number of piperidine rings is 1. The van der Waals surface area contributed by atoms with Gasteiger partial charge in [0.05, 0.1) is 28.6 Å². The van der Waals surface area contributed by atoms with Crippen molar-refractivity contribution >= 4 is 37.1 Å². The first-order valence-corrected chi connectivity index (χ1v) is 16.4. The van der Waals surface area contributed by atoms with E-state index in [9.17, 15) is 16.8 Å². The molecular weight excluding hydrogens is 544 g/mol. The fourth-order valence-electron chi connectivity index (χ4n) is 4.49. The summed E-state index contributed by atoms with van der Waals surface area (Å²) >= 11 is 5.99. The van der Waals surface area contributed by atoms with Crippen molar-refractivity contribution in [2.24, 2.45) is 0 Å². The number of hydrogen-bond donors (Lipinski definition) is 0. The molecule has 1 heterocycles. The number of para-hydroxylation sites is 1. The van der Waals surface area contributed by atoms with Gasteiger partial charge in [-0.1, -0.05) is 36.2 Å². The second-order valence-electron chi connectivity index (χ2n) is 9.44. The Balaban J connectivity index is 1.59. The fourth-order valence-corrected chi connectivity index (χ4v) is 6.69. The molecule has 0 aromatic heterocycles. The molecule has 38 heavy (non-hydrogen) atoms. The average Bonchev–Trinajstić information content (AvgIpc) is 2.91. The first-order valence-electron chi connectivity index (χ1n) is 12.7. The standard InChI is InChI=1S/C28H33ClN2O5S2/c1-37(32,33)26-16-12-25(13-17-26)31(38(34,35)27-14-10-24(29)11-15-27)22-23-8-3-4-9-28(23)36-21-7-20-30-18-5-2-6-19-30/h3-4,8-17H,2,5-7,18-22H2,1H3. The minimum atomic E-state index is -4.01. The van der Waals surface area contributed by atoms with Crippen molar-refractivity contribution in [2.75, 3.05) is 36.8 Å². The third kappa shape index (κ3) is 7.28. The van der Waals surface area contributed by atoms with Gasteiger partial charge < -0.3 is 9.64 Å². The number of anilines is 1. The molecule has 3 aromatic rings. The molecule has 0 unspecified atom stereocenters. The Labute approximate surface area is 231 Å². The second kappa shape index (κ2) is 12.5. The molecule has 3 aromatic carbocycles. The van der Waals surface area contributed by atoms with Gasteiger partial charge in [-0.25, -0.2) is 16.8 Å². The quantitative estimate of drug-likeness (QED) is 0.284. The molecule has 0 radical (unpaired) electrons. The monoisotopic (exact) mass is 576 g/mol. The van der Waals surface area contributed by atoms with E-state index in [0.29, 0.717) is 28.6 Å². The normalized spacial score (nSPS) is 14.8. The zero-order chi connectivity index (χ0) is 27.2. The van der Waals surface area contributed by atoms with Crippen LogP contribution in [0.25, 0.3) is 0 Å². The van der Waals surface area contributed by atoms with Gasteiger partial charge in [-0.2, -0.15) is 0 Å². The minimum absolute atomic E-state index is 0.00544. The van der Waals surface area contributed by atoms with Gasteiger partial charge in [0, 0.05) is 23.4 Å². The van der Waals surface area contributed by atoms with E-state index in [1.54, 1.807) is 0 Å². The Kier molecular flexibility index (Phi) is 9.36. The maximum Gasteiger partial charge on any atom is 0.264 e. The Morgan fingerprint density at radius 3 is 2.13 bits per heavy atom. The Morgan fingerprint density at radius 1 is 0.842 bits per heavy atom. The number of sulfonamides is 1. The summed E-state index contributed by atoms with van der Waals surface area (Å²) in [5.74, 6) is 0.621. The lowest BCUT2D eigenvalue weighted by atomic mass is 10.1. The van der Waals surface area contributed by atoms with Crippen LogP contribution in [0, 0.1) is 0 Å². The van der Waals surface area contributed by atoms with Crippen molar-refractivity contribution in [2.45, 2.75) is 42.0 Å². The van der Waals surface area contributed by atoms with E-state index in [1.165, 1.54) is 72.1 Å². The highest BCUT2D eigenvalue weighted by atomic mass is 35.5. The summed E-state index contributed by atoms with van der Waals surface area (Å²) in [7, 11) is -7.44. The molecule has 0 aliphatic carbocycles. The predicted octanol–water partition coefficient (Wildman–Crippen LogP) is 5.39. The highest BCUT2D eigenvalue weighted by molar-refractivity contribution is 7.92. The van der Waals surface area contributed by atoms with E-state index in [-0.39, 0.29) is 16.3 Å². The van der Waals surface area contributed by atoms with Crippen molar-refractivity contribution in [3.8, 4) is 5.75 Å². The zero-order valence-corrected chi connectivity index (χ0v) is 23.8. The van der Waals surface area contributed by atoms with Crippen LogP contribution in [0.4, 0.5) is 5.69 Å². The predicted molar refractivity (Wildman–Crippen MR) is 151 cm³/mol. The van der Waals surface area contributed by atoms with Crippen molar-refractivity contribution < 1.29 is 21.6 Å². The Bertz CT molecular complexity index is 1420. The van der Waals surface area contributed by atoms with E-state index < -0.39 is 19.9 Å². The molecule has 0 amide bonds. The molecule has 0 atom stereocenters. The minimum Gasteiger partial charge on any atom is -0.493 e. The lowest BCUT2D eigenvalue weighted by Gasteiger charge is -2.27. The van der Waals surface area contributed by atoms with Crippen molar-refractivity contribution in [1.29, 1.82) is 0 Å². The van der Waals surface area contributed by atoms with Gasteiger partial charge in [-0.15, -0.1) is 0 Å². The number of rotatable bonds is 11. The van der Waals surface area contributed by atoms with Crippen LogP contribution in [0.1, 0.15) is 31.2 Å². The number of ether oxygens (including phenoxy) is 1. The van der Waals surface area contributed by atoms with Crippen LogP contribution < -0.4 is 9.04 Å². The number of sulfone groups is 1. The molecule has 1 fully saturated rings. The summed E-state index contributed by atoms with van der Waals surface area (Å²) in [6.07, 6.45) is 5.78. The van der Waals surface area contributed by atoms with E-state index in [4.69, 9.17) is 16.3 Å². The van der Waals surface area contributed by atoms with Crippen LogP contribution in [0.2, 0.25) is 5.02 Å². The third-order valence-corrected chi connectivity index (χ3v) is 9.73. The van der Waals surface area contributed by atoms with Gasteiger partial charge in [0.15, 0.2) is 9.84 Å². The molecule has 7 nitrogen and oxygen atoms in total. The summed E-state index contributed by atoms with van der Waals surface area (Å²) in [4.78, 5) is 2.65. The SMILES string of the molecule is CS(=O)(=O)c1ccc(N(Cc2ccccc2OCCCN2CCCCC2)S(=O)(=O)c2ccc(Cl)cc2)cc1. The van der Waals surface area contributed by atoms with Crippen molar-refractivity contribution in [1.82, 2.24) is 4.90 Å². The second-order valence-corrected chi connectivity index (χ2v) is 13.8. The van der Waals surface area contributed by atoms with Crippen molar-refractivity contribution in [3.63, 3.8) is 0 Å². The molecule has 10 heteroatoms. The van der Waals surface area contributed by atoms with E-state index in [0.717, 1.165) is 32.3 Å². The van der Waals surface area contributed by atoms with Crippen LogP contribution >= 0.6 is 11.6 Å². The number of benzene rings is 3. The third-order valence-electron chi connectivity index (χ3n) is 6.57. The Hall–Kier alpha value is -2.59. The lowest BCUT2D eigenvalue weighted by molar-refractivity contribution is 0.204. The fraction of sp³-hybridized carbons (Fsp3) is 0.357. The summed E-state index contributed by atoms with van der Waals surface area (Å²) in [5, 5.41) is 0.427. The molecule has 4 rings (SSSR count). The van der Waals surface area contributed by atoms with Gasteiger partial charge in [-0.3, -0.25) is 4.31 Å². The van der Waals surface area contributed by atoms with Crippen LogP contribution in [0.5, 0.6) is 5.75 Å². The van der Waals surface area contributed by atoms with Crippen LogP contribution in [-0.2, 0) is 26.4 Å². The molecular formula is C28H33ClN2O5S2. The van der Waals surface area contributed by atoms with Gasteiger partial charge in [-0.05, 0) is 86.9 Å². The highest BCUT2D eigenvalue weighted by Gasteiger charge is 2.27. The molecule has 0 bridgehead atoms. The van der Waals surface area contributed by atoms with Crippen molar-refractivity contribution in [3.05, 3.63) is 83.4 Å². The summed E-state index contributed by atoms with van der Waals surface area (Å²) in [6.45, 7) is 3.77. The molecule has 1 aliphatic heterocycles. The molecule has 1 aliphatic rings. The van der Waals surface area contributed by atoms with Crippen LogP contribution in [0.15, 0.2) is 82.6 Å². The molecule has 0 N–H and O–H groups in total. The lowest BCUT2D eigenvalue weighted by Crippen LogP contribution is -2.31. The van der Waals surface area contributed by atoms with Gasteiger partial charge in [0.25, 0.3) is 10.0 Å². The number of nitrogens with zero attached hydrogens (tertiary/aromatic N) is 2. The first kappa shape index (κ1) is 28.4. The smallest absolute Gasteiger partial charge is 0.264 e. The maximum absolute atomic E-state index is 13.8. The van der Waals surface area contributed by atoms with Crippen LogP contribution in [-0.4, -0.2) is 54.2 Å². The number of halogens is 1. The first-order chi connectivity index (χ1) is 18.1. The number of hydrogen-bond acceptors (Lipinski definition) is 6. The summed E-state index contributed by atoms with van der Waals surface area (Å²) in [6, 6.07) is 19.2.